The van der Waals surface area contributed by atoms with Gasteiger partial charge in [-0.05, 0) is 68.7 Å². The van der Waals surface area contributed by atoms with Crippen LogP contribution in [0.4, 0.5) is 11.4 Å². The third-order valence-electron chi connectivity index (χ3n) is 6.28. The molecule has 0 saturated carbocycles. The Labute approximate surface area is 204 Å². The fourth-order valence-corrected chi connectivity index (χ4v) is 4.46. The molecule has 6 heteroatoms. The smallest absolute Gasteiger partial charge is 0.253 e. The summed E-state index contributed by atoms with van der Waals surface area (Å²) in [6.45, 7) is 7.65. The van der Waals surface area contributed by atoms with Crippen LogP contribution in [0.15, 0.2) is 48.5 Å². The van der Waals surface area contributed by atoms with Crippen molar-refractivity contribution in [1.29, 1.82) is 0 Å². The molecule has 34 heavy (non-hydrogen) atoms. The maximum absolute atomic E-state index is 13.1. The first-order valence-electron chi connectivity index (χ1n) is 12.7. The molecule has 0 bridgehead atoms. The summed E-state index contributed by atoms with van der Waals surface area (Å²) in [6, 6.07) is 16.4. The van der Waals surface area contributed by atoms with Gasteiger partial charge in [0, 0.05) is 50.6 Å². The van der Waals surface area contributed by atoms with Crippen molar-refractivity contribution >= 4 is 23.2 Å². The molecule has 2 amide bonds. The van der Waals surface area contributed by atoms with E-state index in [0.29, 0.717) is 43.3 Å². The van der Waals surface area contributed by atoms with Gasteiger partial charge in [0.1, 0.15) is 0 Å². The Hall–Kier alpha value is -2.86. The van der Waals surface area contributed by atoms with E-state index < -0.39 is 0 Å². The molecule has 1 fully saturated rings. The molecule has 2 N–H and O–H groups in total. The Balaban J connectivity index is 1.68. The highest BCUT2D eigenvalue weighted by Crippen LogP contribution is 2.30. The molecule has 0 spiro atoms. The third-order valence-corrected chi connectivity index (χ3v) is 6.28. The monoisotopic (exact) mass is 465 g/mol. The number of carbonyl (C=O) groups excluding carboxylic acids is 2. The van der Waals surface area contributed by atoms with E-state index in [2.05, 4.69) is 45.9 Å². The average Bonchev–Trinajstić information content (AvgIpc) is 2.85. The van der Waals surface area contributed by atoms with Crippen LogP contribution in [0.3, 0.4) is 0 Å². The summed E-state index contributed by atoms with van der Waals surface area (Å²) < 4.78 is 5.37. The zero-order valence-electron chi connectivity index (χ0n) is 20.6. The number of nitrogens with one attached hydrogen (secondary N) is 2. The van der Waals surface area contributed by atoms with E-state index in [1.54, 1.807) is 0 Å². The summed E-state index contributed by atoms with van der Waals surface area (Å²) in [5.74, 6) is 0.520. The van der Waals surface area contributed by atoms with Crippen molar-refractivity contribution in [1.82, 2.24) is 5.32 Å². The van der Waals surface area contributed by atoms with Gasteiger partial charge in [0.25, 0.3) is 5.91 Å². The van der Waals surface area contributed by atoms with Crippen LogP contribution in [0.5, 0.6) is 0 Å². The number of piperidine rings is 1. The van der Waals surface area contributed by atoms with Gasteiger partial charge in [-0.3, -0.25) is 9.59 Å². The van der Waals surface area contributed by atoms with E-state index in [1.165, 1.54) is 5.56 Å². The molecule has 1 saturated heterocycles. The largest absolute Gasteiger partial charge is 0.382 e. The molecule has 0 atom stereocenters. The minimum Gasteiger partial charge on any atom is -0.382 e. The Kier molecular flexibility index (Phi) is 10.4. The molecule has 184 valence electrons. The first-order chi connectivity index (χ1) is 16.6. The highest BCUT2D eigenvalue weighted by molar-refractivity contribution is 6.02. The molecular formula is C28H39N3O3. The lowest BCUT2D eigenvalue weighted by Gasteiger charge is -2.35. The van der Waals surface area contributed by atoms with E-state index in [-0.39, 0.29) is 11.8 Å². The first-order valence-corrected chi connectivity index (χ1v) is 12.7. The first kappa shape index (κ1) is 25.8. The molecule has 1 heterocycles. The molecule has 2 aromatic carbocycles. The standard InChI is InChI=1S/C28H39N3O3/c1-3-9-27(32)30-24-12-13-26(25(21-24)28(33)29-16-8-19-34-4-2)31-17-14-23(15-18-31)20-22-10-6-5-7-11-22/h5-7,10-13,21,23H,3-4,8-9,14-20H2,1-2H3,(H,29,33)(H,30,32). The van der Waals surface area contributed by atoms with Crippen LogP contribution < -0.4 is 15.5 Å². The van der Waals surface area contributed by atoms with E-state index in [9.17, 15) is 9.59 Å². The minimum absolute atomic E-state index is 0.0277. The van der Waals surface area contributed by atoms with Crippen molar-refractivity contribution in [3.05, 3.63) is 59.7 Å². The van der Waals surface area contributed by atoms with Crippen LogP contribution in [0, 0.1) is 5.92 Å². The summed E-state index contributed by atoms with van der Waals surface area (Å²) in [4.78, 5) is 27.5. The second kappa shape index (κ2) is 13.8. The predicted octanol–water partition coefficient (Wildman–Crippen LogP) is 5.04. The average molecular weight is 466 g/mol. The second-order valence-corrected chi connectivity index (χ2v) is 8.96. The van der Waals surface area contributed by atoms with Gasteiger partial charge in [-0.15, -0.1) is 0 Å². The summed E-state index contributed by atoms with van der Waals surface area (Å²) in [7, 11) is 0. The summed E-state index contributed by atoms with van der Waals surface area (Å²) in [5.41, 5.74) is 3.61. The molecule has 6 nitrogen and oxygen atoms in total. The number of hydrogen-bond acceptors (Lipinski definition) is 4. The number of carbonyl (C=O) groups is 2. The van der Waals surface area contributed by atoms with Gasteiger partial charge < -0.3 is 20.3 Å². The van der Waals surface area contributed by atoms with Crippen LogP contribution in [0.25, 0.3) is 0 Å². The van der Waals surface area contributed by atoms with E-state index in [1.807, 2.05) is 32.0 Å². The predicted molar refractivity (Wildman–Crippen MR) is 139 cm³/mol. The summed E-state index contributed by atoms with van der Waals surface area (Å²) >= 11 is 0. The van der Waals surface area contributed by atoms with Crippen molar-refractivity contribution in [3.63, 3.8) is 0 Å². The van der Waals surface area contributed by atoms with Crippen molar-refractivity contribution < 1.29 is 14.3 Å². The molecular weight excluding hydrogens is 426 g/mol. The molecule has 0 radical (unpaired) electrons. The van der Waals surface area contributed by atoms with Crippen molar-refractivity contribution in [3.8, 4) is 0 Å². The number of hydrogen-bond donors (Lipinski definition) is 2. The topological polar surface area (TPSA) is 70.7 Å². The number of benzene rings is 2. The summed E-state index contributed by atoms with van der Waals surface area (Å²) in [6.07, 6.45) is 5.32. The number of anilines is 2. The fourth-order valence-electron chi connectivity index (χ4n) is 4.46. The number of ether oxygens (including phenoxy) is 1. The van der Waals surface area contributed by atoms with Crippen molar-refractivity contribution in [2.75, 3.05) is 43.1 Å². The van der Waals surface area contributed by atoms with Crippen LogP contribution >= 0.6 is 0 Å². The maximum Gasteiger partial charge on any atom is 0.253 e. The lowest BCUT2D eigenvalue weighted by molar-refractivity contribution is -0.116. The SMILES string of the molecule is CCCC(=O)Nc1ccc(N2CCC(Cc3ccccc3)CC2)c(C(=O)NCCCOCC)c1. The number of nitrogens with zero attached hydrogens (tertiary/aromatic N) is 1. The lowest BCUT2D eigenvalue weighted by atomic mass is 9.89. The van der Waals surface area contributed by atoms with Crippen LogP contribution in [0.2, 0.25) is 0 Å². The van der Waals surface area contributed by atoms with Gasteiger partial charge in [0.2, 0.25) is 5.91 Å². The van der Waals surface area contributed by atoms with Crippen LogP contribution in [0.1, 0.15) is 61.9 Å². The van der Waals surface area contributed by atoms with Crippen LogP contribution in [-0.4, -0.2) is 44.7 Å². The van der Waals surface area contributed by atoms with Gasteiger partial charge in [0.15, 0.2) is 0 Å². The highest BCUT2D eigenvalue weighted by atomic mass is 16.5. The fraction of sp³-hybridized carbons (Fsp3) is 0.500. The van der Waals surface area contributed by atoms with Gasteiger partial charge in [-0.25, -0.2) is 0 Å². The van der Waals surface area contributed by atoms with Gasteiger partial charge in [0.05, 0.1) is 5.56 Å². The highest BCUT2D eigenvalue weighted by Gasteiger charge is 2.23. The maximum atomic E-state index is 13.1. The molecule has 1 aliphatic heterocycles. The Morgan fingerprint density at radius 1 is 1.06 bits per heavy atom. The quantitative estimate of drug-likeness (QED) is 0.431. The van der Waals surface area contributed by atoms with E-state index in [0.717, 1.165) is 50.9 Å². The number of amides is 2. The molecule has 0 unspecified atom stereocenters. The zero-order valence-corrected chi connectivity index (χ0v) is 20.6. The van der Waals surface area contributed by atoms with Crippen LogP contribution in [-0.2, 0) is 16.0 Å². The summed E-state index contributed by atoms with van der Waals surface area (Å²) in [5, 5.41) is 5.96. The Bertz CT molecular complexity index is 908. The lowest BCUT2D eigenvalue weighted by Crippen LogP contribution is -2.36. The van der Waals surface area contributed by atoms with Crippen molar-refractivity contribution in [2.24, 2.45) is 5.92 Å². The van der Waals surface area contributed by atoms with Crippen molar-refractivity contribution in [2.45, 2.75) is 52.4 Å². The normalized spacial score (nSPS) is 14.1. The Morgan fingerprint density at radius 2 is 1.82 bits per heavy atom. The Morgan fingerprint density at radius 3 is 2.53 bits per heavy atom. The van der Waals surface area contributed by atoms with Gasteiger partial charge >= 0.3 is 0 Å². The van der Waals surface area contributed by atoms with E-state index in [4.69, 9.17) is 4.74 Å². The van der Waals surface area contributed by atoms with Gasteiger partial charge in [-0.2, -0.15) is 0 Å². The molecule has 0 aliphatic carbocycles. The number of rotatable bonds is 12. The molecule has 2 aromatic rings. The zero-order chi connectivity index (χ0) is 24.2. The minimum atomic E-state index is -0.107. The third kappa shape index (κ3) is 7.87. The second-order valence-electron chi connectivity index (χ2n) is 8.96. The van der Waals surface area contributed by atoms with E-state index >= 15 is 0 Å². The molecule has 1 aliphatic rings. The molecule has 0 aromatic heterocycles. The molecule has 3 rings (SSSR count). The van der Waals surface area contributed by atoms with Gasteiger partial charge in [-0.1, -0.05) is 37.3 Å².